The van der Waals surface area contributed by atoms with Gasteiger partial charge in [0, 0.05) is 0 Å². The molecule has 0 aromatic heterocycles. The molecule has 0 amide bonds. The minimum absolute atomic E-state index is 0.0359. The standard InChI is InChI=1S/C6H10O.C6H12O.C4H10/c1-2-6-4-3-5(1)7-6;7-6-4-2-1-3-5-6;1-4(2)3/h5-6H,1-4H2;6-7H,1-5H2;4H,1-3H3. The number of ether oxygens (including phenoxy) is 1. The summed E-state index contributed by atoms with van der Waals surface area (Å²) >= 11 is 0. The largest absolute Gasteiger partial charge is 0.393 e. The van der Waals surface area contributed by atoms with E-state index in [1.807, 2.05) is 0 Å². The van der Waals surface area contributed by atoms with Crippen LogP contribution in [0.4, 0.5) is 0 Å². The molecule has 2 nitrogen and oxygen atoms in total. The highest BCUT2D eigenvalue weighted by Gasteiger charge is 2.31. The Labute approximate surface area is 113 Å². The van der Waals surface area contributed by atoms with Crippen LogP contribution in [0, 0.1) is 5.92 Å². The van der Waals surface area contributed by atoms with Crippen LogP contribution in [-0.2, 0) is 4.74 Å². The average Bonchev–Trinajstić information content (AvgIpc) is 2.94. The van der Waals surface area contributed by atoms with Crippen LogP contribution in [0.3, 0.4) is 0 Å². The highest BCUT2D eigenvalue weighted by Crippen LogP contribution is 2.33. The van der Waals surface area contributed by atoms with Crippen LogP contribution in [0.1, 0.15) is 78.6 Å². The summed E-state index contributed by atoms with van der Waals surface area (Å²) in [6, 6.07) is 0. The minimum Gasteiger partial charge on any atom is -0.393 e. The molecule has 0 atom stereocenters. The lowest BCUT2D eigenvalue weighted by atomic mass is 9.98. The summed E-state index contributed by atoms with van der Waals surface area (Å²) in [5, 5.41) is 8.91. The Hall–Kier alpha value is -0.0800. The summed E-state index contributed by atoms with van der Waals surface area (Å²) in [6.45, 7) is 6.50. The quantitative estimate of drug-likeness (QED) is 0.700. The third kappa shape index (κ3) is 7.38. The van der Waals surface area contributed by atoms with Crippen molar-refractivity contribution in [2.24, 2.45) is 5.92 Å². The molecule has 2 saturated heterocycles. The molecule has 3 aliphatic rings. The molecule has 3 rings (SSSR count). The second-order valence-electron chi connectivity index (χ2n) is 6.56. The fourth-order valence-corrected chi connectivity index (χ4v) is 2.66. The minimum atomic E-state index is 0.0359. The fourth-order valence-electron chi connectivity index (χ4n) is 2.66. The maximum absolute atomic E-state index is 8.91. The first-order valence-electron chi connectivity index (χ1n) is 7.91. The first kappa shape index (κ1) is 16.0. The lowest BCUT2D eigenvalue weighted by molar-refractivity contribution is 0.105. The normalized spacial score (nSPS) is 30.5. The molecule has 2 bridgehead atoms. The van der Waals surface area contributed by atoms with E-state index >= 15 is 0 Å². The van der Waals surface area contributed by atoms with Gasteiger partial charge in [0.15, 0.2) is 0 Å². The summed E-state index contributed by atoms with van der Waals surface area (Å²) in [5.41, 5.74) is 0. The van der Waals surface area contributed by atoms with Crippen LogP contribution in [0.15, 0.2) is 0 Å². The van der Waals surface area contributed by atoms with Gasteiger partial charge in [-0.3, -0.25) is 0 Å². The van der Waals surface area contributed by atoms with E-state index in [1.165, 1.54) is 44.9 Å². The van der Waals surface area contributed by atoms with E-state index in [0.717, 1.165) is 18.8 Å². The molecule has 1 N–H and O–H groups in total. The first-order chi connectivity index (χ1) is 8.58. The average molecular weight is 256 g/mol. The third-order valence-electron chi connectivity index (χ3n) is 3.58. The van der Waals surface area contributed by atoms with E-state index in [1.54, 1.807) is 0 Å². The molecule has 1 aliphatic carbocycles. The van der Waals surface area contributed by atoms with Crippen LogP contribution >= 0.6 is 0 Å². The second kappa shape index (κ2) is 8.92. The van der Waals surface area contributed by atoms with Crippen molar-refractivity contribution < 1.29 is 9.84 Å². The zero-order valence-electron chi connectivity index (χ0n) is 12.5. The van der Waals surface area contributed by atoms with Crippen LogP contribution < -0.4 is 0 Å². The Bertz CT molecular complexity index is 177. The number of aliphatic hydroxyl groups is 1. The molecule has 0 aromatic rings. The van der Waals surface area contributed by atoms with Crippen LogP contribution in [0.25, 0.3) is 0 Å². The molecule has 2 aliphatic heterocycles. The Morgan fingerprint density at radius 2 is 1.17 bits per heavy atom. The Morgan fingerprint density at radius 3 is 1.33 bits per heavy atom. The predicted molar refractivity (Wildman–Crippen MR) is 76.7 cm³/mol. The molecule has 2 heterocycles. The maximum Gasteiger partial charge on any atom is 0.0580 e. The zero-order chi connectivity index (χ0) is 13.4. The number of fused-ring (bicyclic) bond motifs is 2. The molecular formula is C16H32O2. The van der Waals surface area contributed by atoms with E-state index in [2.05, 4.69) is 20.8 Å². The molecule has 0 spiro atoms. The van der Waals surface area contributed by atoms with Gasteiger partial charge in [0.1, 0.15) is 0 Å². The van der Waals surface area contributed by atoms with E-state index in [-0.39, 0.29) is 6.10 Å². The van der Waals surface area contributed by atoms with Crippen LogP contribution in [0.5, 0.6) is 0 Å². The number of hydrogen-bond acceptors (Lipinski definition) is 2. The summed E-state index contributed by atoms with van der Waals surface area (Å²) in [5.74, 6) is 0.833. The topological polar surface area (TPSA) is 29.5 Å². The SMILES string of the molecule is C1CC2CCC1O2.CC(C)C.OC1CCCCC1. The van der Waals surface area contributed by atoms with Gasteiger partial charge in [-0.05, 0) is 44.4 Å². The van der Waals surface area contributed by atoms with Crippen LogP contribution in [0.2, 0.25) is 0 Å². The van der Waals surface area contributed by atoms with Crippen molar-refractivity contribution in [2.45, 2.75) is 96.9 Å². The maximum atomic E-state index is 8.91. The molecule has 0 aromatic carbocycles. The Kier molecular flexibility index (Phi) is 7.92. The van der Waals surface area contributed by atoms with Crippen molar-refractivity contribution in [1.82, 2.24) is 0 Å². The van der Waals surface area contributed by atoms with Crippen LogP contribution in [-0.4, -0.2) is 23.4 Å². The first-order valence-corrected chi connectivity index (χ1v) is 7.91. The molecule has 3 fully saturated rings. The fraction of sp³-hybridized carbons (Fsp3) is 1.00. The number of aliphatic hydroxyl groups excluding tert-OH is 1. The Morgan fingerprint density at radius 1 is 0.778 bits per heavy atom. The predicted octanol–water partition coefficient (Wildman–Crippen LogP) is 4.30. The van der Waals surface area contributed by atoms with Gasteiger partial charge in [-0.15, -0.1) is 0 Å². The monoisotopic (exact) mass is 256 g/mol. The van der Waals surface area contributed by atoms with E-state index in [0.29, 0.717) is 12.2 Å². The van der Waals surface area contributed by atoms with Gasteiger partial charge in [-0.2, -0.15) is 0 Å². The third-order valence-corrected chi connectivity index (χ3v) is 3.58. The van der Waals surface area contributed by atoms with Crippen molar-refractivity contribution in [3.63, 3.8) is 0 Å². The summed E-state index contributed by atoms with van der Waals surface area (Å²) in [6.07, 6.45) is 12.6. The van der Waals surface area contributed by atoms with E-state index in [9.17, 15) is 0 Å². The van der Waals surface area contributed by atoms with Crippen molar-refractivity contribution >= 4 is 0 Å². The molecule has 2 heteroatoms. The van der Waals surface area contributed by atoms with Crippen molar-refractivity contribution in [3.05, 3.63) is 0 Å². The van der Waals surface area contributed by atoms with Gasteiger partial charge < -0.3 is 9.84 Å². The van der Waals surface area contributed by atoms with Gasteiger partial charge in [0.2, 0.25) is 0 Å². The van der Waals surface area contributed by atoms with Gasteiger partial charge in [0.05, 0.1) is 18.3 Å². The Balaban J connectivity index is 0.000000142. The molecular weight excluding hydrogens is 224 g/mol. The number of rotatable bonds is 0. The van der Waals surface area contributed by atoms with Crippen molar-refractivity contribution in [1.29, 1.82) is 0 Å². The smallest absolute Gasteiger partial charge is 0.0580 e. The van der Waals surface area contributed by atoms with Gasteiger partial charge in [0.25, 0.3) is 0 Å². The summed E-state index contributed by atoms with van der Waals surface area (Å²) in [7, 11) is 0. The number of hydrogen-bond donors (Lipinski definition) is 1. The van der Waals surface area contributed by atoms with Gasteiger partial charge in [-0.25, -0.2) is 0 Å². The molecule has 1 saturated carbocycles. The lowest BCUT2D eigenvalue weighted by Gasteiger charge is -2.14. The summed E-state index contributed by atoms with van der Waals surface area (Å²) < 4.78 is 5.47. The molecule has 0 radical (unpaired) electrons. The second-order valence-corrected chi connectivity index (χ2v) is 6.56. The highest BCUT2D eigenvalue weighted by atomic mass is 16.5. The van der Waals surface area contributed by atoms with Gasteiger partial charge in [-0.1, -0.05) is 40.0 Å². The van der Waals surface area contributed by atoms with E-state index < -0.39 is 0 Å². The zero-order valence-corrected chi connectivity index (χ0v) is 12.5. The molecule has 18 heavy (non-hydrogen) atoms. The van der Waals surface area contributed by atoms with Crippen molar-refractivity contribution in [3.8, 4) is 0 Å². The lowest BCUT2D eigenvalue weighted by Crippen LogP contribution is -2.09. The molecule has 0 unspecified atom stereocenters. The van der Waals surface area contributed by atoms with E-state index in [4.69, 9.17) is 9.84 Å². The summed E-state index contributed by atoms with van der Waals surface area (Å²) in [4.78, 5) is 0. The highest BCUT2D eigenvalue weighted by molar-refractivity contribution is 4.81. The van der Waals surface area contributed by atoms with Gasteiger partial charge >= 0.3 is 0 Å². The van der Waals surface area contributed by atoms with Crippen molar-refractivity contribution in [2.75, 3.05) is 0 Å². The molecule has 108 valence electrons.